The maximum Gasteiger partial charge on any atom is 0.192 e. The van der Waals surface area contributed by atoms with Gasteiger partial charge in [-0.3, -0.25) is 9.69 Å². The van der Waals surface area contributed by atoms with Crippen LogP contribution >= 0.6 is 0 Å². The number of hydrogen-bond acceptors (Lipinski definition) is 3. The van der Waals surface area contributed by atoms with E-state index in [-0.39, 0.29) is 11.1 Å². The molecule has 0 N–H and O–H groups in total. The van der Waals surface area contributed by atoms with Gasteiger partial charge in [0.05, 0.1) is 6.10 Å². The van der Waals surface area contributed by atoms with Gasteiger partial charge in [0.15, 0.2) is 8.32 Å². The second kappa shape index (κ2) is 4.42. The van der Waals surface area contributed by atoms with Gasteiger partial charge in [-0.1, -0.05) is 20.8 Å². The third-order valence-electron chi connectivity index (χ3n) is 5.18. The van der Waals surface area contributed by atoms with Crippen molar-refractivity contribution in [3.05, 3.63) is 0 Å². The molecule has 3 nitrogen and oxygen atoms in total. The Bertz CT molecular complexity index is 348. The van der Waals surface area contributed by atoms with E-state index in [2.05, 4.69) is 45.8 Å². The second-order valence-electron chi connectivity index (χ2n) is 7.49. The van der Waals surface area contributed by atoms with Crippen LogP contribution in [0.5, 0.6) is 0 Å². The minimum atomic E-state index is -1.72. The summed E-state index contributed by atoms with van der Waals surface area (Å²) in [5, 5.41) is 0.242. The standard InChI is InChI=1S/C14H27NO2Si/c1-14(2,3)18(5,6)17-13-8-10-7-11(16)9-12(13)15(10)4/h10,12-13H,7-9H2,1-6H3. The number of rotatable bonds is 2. The molecule has 2 fully saturated rings. The van der Waals surface area contributed by atoms with Crippen LogP contribution in [0.1, 0.15) is 40.0 Å². The molecule has 0 saturated carbocycles. The zero-order valence-electron chi connectivity index (χ0n) is 12.6. The summed E-state index contributed by atoms with van der Waals surface area (Å²) >= 11 is 0. The molecule has 0 aromatic heterocycles. The zero-order chi connectivity index (χ0) is 13.7. The van der Waals surface area contributed by atoms with Crippen molar-refractivity contribution in [3.8, 4) is 0 Å². The Morgan fingerprint density at radius 3 is 2.44 bits per heavy atom. The van der Waals surface area contributed by atoms with E-state index in [1.165, 1.54) is 0 Å². The van der Waals surface area contributed by atoms with E-state index in [1.54, 1.807) is 0 Å². The van der Waals surface area contributed by atoms with Crippen LogP contribution in [0.2, 0.25) is 18.1 Å². The monoisotopic (exact) mass is 269 g/mol. The first-order valence-corrected chi connectivity index (χ1v) is 9.94. The summed E-state index contributed by atoms with van der Waals surface area (Å²) in [6.45, 7) is 11.4. The molecule has 3 unspecified atom stereocenters. The Kier molecular flexibility index (Phi) is 3.50. The van der Waals surface area contributed by atoms with Crippen molar-refractivity contribution < 1.29 is 9.22 Å². The van der Waals surface area contributed by atoms with Gasteiger partial charge in [0.1, 0.15) is 5.78 Å². The lowest BCUT2D eigenvalue weighted by molar-refractivity contribution is -0.123. The molecule has 3 atom stereocenters. The summed E-state index contributed by atoms with van der Waals surface area (Å²) in [5.74, 6) is 0.421. The quantitative estimate of drug-likeness (QED) is 0.722. The summed E-state index contributed by atoms with van der Waals surface area (Å²) in [6.07, 6.45) is 2.73. The van der Waals surface area contributed by atoms with Crippen molar-refractivity contribution >= 4 is 14.1 Å². The van der Waals surface area contributed by atoms with Gasteiger partial charge < -0.3 is 4.43 Å². The van der Waals surface area contributed by atoms with Crippen molar-refractivity contribution in [3.63, 3.8) is 0 Å². The van der Waals surface area contributed by atoms with Crippen LogP contribution in [0, 0.1) is 0 Å². The minimum absolute atomic E-state index is 0.242. The highest BCUT2D eigenvalue weighted by Crippen LogP contribution is 2.42. The van der Waals surface area contributed by atoms with E-state index in [0.717, 1.165) is 12.8 Å². The van der Waals surface area contributed by atoms with Crippen LogP contribution in [0.25, 0.3) is 0 Å². The molecule has 104 valence electrons. The Labute approximate surface area is 112 Å². The molecule has 0 amide bonds. The van der Waals surface area contributed by atoms with Crippen molar-refractivity contribution in [2.45, 2.75) is 76.4 Å². The average Bonchev–Trinajstić information content (AvgIpc) is 2.39. The fourth-order valence-corrected chi connectivity index (χ4v) is 4.25. The molecule has 0 aromatic carbocycles. The lowest BCUT2D eigenvalue weighted by atomic mass is 10.0. The van der Waals surface area contributed by atoms with E-state index in [0.29, 0.717) is 24.3 Å². The summed E-state index contributed by atoms with van der Waals surface area (Å²) in [5.41, 5.74) is 0. The normalized spacial score (nSPS) is 34.1. The van der Waals surface area contributed by atoms with Crippen LogP contribution in [0.15, 0.2) is 0 Å². The van der Waals surface area contributed by atoms with Crippen LogP contribution < -0.4 is 0 Å². The molecule has 18 heavy (non-hydrogen) atoms. The first kappa shape index (κ1) is 14.2. The van der Waals surface area contributed by atoms with Gasteiger partial charge >= 0.3 is 0 Å². The lowest BCUT2D eigenvalue weighted by Gasteiger charge is -2.40. The molecule has 0 aliphatic carbocycles. The van der Waals surface area contributed by atoms with E-state index in [9.17, 15) is 4.79 Å². The minimum Gasteiger partial charge on any atom is -0.412 e. The number of piperidine rings is 1. The van der Waals surface area contributed by atoms with Gasteiger partial charge in [-0.25, -0.2) is 0 Å². The smallest absolute Gasteiger partial charge is 0.192 e. The molecule has 2 heterocycles. The Morgan fingerprint density at radius 1 is 1.28 bits per heavy atom. The zero-order valence-corrected chi connectivity index (χ0v) is 13.6. The van der Waals surface area contributed by atoms with Crippen LogP contribution in [0.4, 0.5) is 0 Å². The Morgan fingerprint density at radius 2 is 1.89 bits per heavy atom. The van der Waals surface area contributed by atoms with E-state index in [1.807, 2.05) is 0 Å². The largest absolute Gasteiger partial charge is 0.412 e. The fourth-order valence-electron chi connectivity index (χ4n) is 2.89. The number of nitrogens with zero attached hydrogens (tertiary/aromatic N) is 1. The highest BCUT2D eigenvalue weighted by molar-refractivity contribution is 6.74. The van der Waals surface area contributed by atoms with Gasteiger partial charge in [-0.2, -0.15) is 0 Å². The topological polar surface area (TPSA) is 29.5 Å². The third kappa shape index (κ3) is 2.42. The van der Waals surface area contributed by atoms with Crippen molar-refractivity contribution in [1.29, 1.82) is 0 Å². The molecule has 0 aromatic rings. The molecule has 2 aliphatic rings. The van der Waals surface area contributed by atoms with Gasteiger partial charge in [0.2, 0.25) is 0 Å². The molecule has 0 radical (unpaired) electrons. The molecule has 2 rings (SSSR count). The highest BCUT2D eigenvalue weighted by atomic mass is 28.4. The molecular formula is C14H27NO2Si. The highest BCUT2D eigenvalue weighted by Gasteiger charge is 2.48. The van der Waals surface area contributed by atoms with E-state index >= 15 is 0 Å². The second-order valence-corrected chi connectivity index (χ2v) is 12.2. The first-order valence-electron chi connectivity index (χ1n) is 7.03. The molecule has 4 heteroatoms. The van der Waals surface area contributed by atoms with Crippen LogP contribution in [-0.4, -0.2) is 44.2 Å². The number of carbonyl (C=O) groups is 1. The summed E-state index contributed by atoms with van der Waals surface area (Å²) in [6, 6.07) is 0.747. The predicted molar refractivity (Wildman–Crippen MR) is 76.3 cm³/mol. The predicted octanol–water partition coefficient (Wildman–Crippen LogP) is 2.81. The number of Topliss-reactive ketones (excluding diaryl/α,β-unsaturated/α-hetero) is 1. The van der Waals surface area contributed by atoms with Crippen LogP contribution in [-0.2, 0) is 9.22 Å². The number of carbonyl (C=O) groups excluding carboxylic acids is 1. The Hall–Kier alpha value is -0.193. The first-order chi connectivity index (χ1) is 8.12. The maximum atomic E-state index is 11.7. The molecule has 0 spiro atoms. The van der Waals surface area contributed by atoms with E-state index < -0.39 is 8.32 Å². The number of ketones is 1. The molecule has 2 saturated heterocycles. The van der Waals surface area contributed by atoms with Crippen molar-refractivity contribution in [2.75, 3.05) is 7.05 Å². The summed E-state index contributed by atoms with van der Waals surface area (Å²) < 4.78 is 6.54. The van der Waals surface area contributed by atoms with Gasteiger partial charge in [0, 0.05) is 24.9 Å². The Balaban J connectivity index is 2.10. The lowest BCUT2D eigenvalue weighted by Crippen LogP contribution is -2.48. The summed E-state index contributed by atoms with van der Waals surface area (Å²) in [7, 11) is 0.430. The van der Waals surface area contributed by atoms with Crippen molar-refractivity contribution in [2.24, 2.45) is 0 Å². The van der Waals surface area contributed by atoms with E-state index in [4.69, 9.17) is 4.43 Å². The number of fused-ring (bicyclic) bond motifs is 2. The number of likely N-dealkylation sites (N-methyl/N-ethyl adjacent to an activating group) is 1. The third-order valence-corrected chi connectivity index (χ3v) is 9.69. The number of hydrogen-bond donors (Lipinski definition) is 0. The van der Waals surface area contributed by atoms with Crippen molar-refractivity contribution in [1.82, 2.24) is 4.90 Å². The average molecular weight is 269 g/mol. The molecular weight excluding hydrogens is 242 g/mol. The summed E-state index contributed by atoms with van der Waals surface area (Å²) in [4.78, 5) is 14.1. The van der Waals surface area contributed by atoms with Crippen LogP contribution in [0.3, 0.4) is 0 Å². The molecule has 2 bridgehead atoms. The van der Waals surface area contributed by atoms with Gasteiger partial charge in [0.25, 0.3) is 0 Å². The molecule has 2 aliphatic heterocycles. The maximum absolute atomic E-state index is 11.7. The van der Waals surface area contributed by atoms with Gasteiger partial charge in [-0.05, 0) is 31.6 Å². The SMILES string of the molecule is CN1C2CC(=O)CC1C(O[Si](C)(C)C(C)(C)C)C2. The van der Waals surface area contributed by atoms with Gasteiger partial charge in [-0.15, -0.1) is 0 Å². The fraction of sp³-hybridized carbons (Fsp3) is 0.929.